The molecule has 0 aliphatic rings. The molecule has 2 atom stereocenters. The second kappa shape index (κ2) is 8.13. The van der Waals surface area contributed by atoms with Gasteiger partial charge in [0.25, 0.3) is 0 Å². The number of aliphatic carboxylic acids is 1. The van der Waals surface area contributed by atoms with Crippen molar-refractivity contribution >= 4 is 11.9 Å². The minimum Gasteiger partial charge on any atom is -0.481 e. The van der Waals surface area contributed by atoms with Crippen molar-refractivity contribution in [3.8, 4) is 0 Å². The molecule has 0 aliphatic heterocycles. The maximum Gasteiger partial charge on any atom is 0.308 e. The van der Waals surface area contributed by atoms with Crippen molar-refractivity contribution < 1.29 is 14.7 Å². The summed E-state index contributed by atoms with van der Waals surface area (Å²) in [4.78, 5) is 23.6. The molecule has 0 aromatic heterocycles. The highest BCUT2D eigenvalue weighted by atomic mass is 16.4. The number of hydrogen-bond acceptors (Lipinski definition) is 2. The highest BCUT2D eigenvalue weighted by Gasteiger charge is 2.21. The lowest BCUT2D eigenvalue weighted by Crippen LogP contribution is -2.36. The molecule has 0 saturated heterocycles. The molecule has 2 unspecified atom stereocenters. The van der Waals surface area contributed by atoms with E-state index in [0.29, 0.717) is 6.42 Å². The minimum absolute atomic E-state index is 0.125. The fourth-order valence-electron chi connectivity index (χ4n) is 2.42. The molecule has 2 N–H and O–H groups in total. The van der Waals surface area contributed by atoms with Crippen LogP contribution in [0.5, 0.6) is 0 Å². The first-order chi connectivity index (χ1) is 11.1. The maximum atomic E-state index is 12.2. The van der Waals surface area contributed by atoms with Crippen LogP contribution in [-0.4, -0.2) is 23.5 Å². The topological polar surface area (TPSA) is 66.4 Å². The van der Waals surface area contributed by atoms with E-state index in [2.05, 4.69) is 5.32 Å². The maximum absolute atomic E-state index is 12.2. The monoisotopic (exact) mass is 311 g/mol. The number of carbonyl (C=O) groups is 2. The molecular formula is C19H21NO3. The second-order valence-electron chi connectivity index (χ2n) is 5.60. The Bertz CT molecular complexity index is 640. The van der Waals surface area contributed by atoms with Gasteiger partial charge in [-0.1, -0.05) is 60.7 Å². The summed E-state index contributed by atoms with van der Waals surface area (Å²) in [6, 6.07) is 18.9. The van der Waals surface area contributed by atoms with Gasteiger partial charge < -0.3 is 10.4 Å². The third-order valence-electron chi connectivity index (χ3n) is 3.89. The van der Waals surface area contributed by atoms with Crippen molar-refractivity contribution in [3.05, 3.63) is 71.8 Å². The van der Waals surface area contributed by atoms with Gasteiger partial charge in [-0.3, -0.25) is 9.59 Å². The van der Waals surface area contributed by atoms with E-state index in [9.17, 15) is 14.7 Å². The average molecular weight is 311 g/mol. The van der Waals surface area contributed by atoms with Gasteiger partial charge in [0, 0.05) is 6.54 Å². The van der Waals surface area contributed by atoms with Crippen LogP contribution in [0, 0.1) is 5.92 Å². The van der Waals surface area contributed by atoms with Crippen LogP contribution >= 0.6 is 0 Å². The summed E-state index contributed by atoms with van der Waals surface area (Å²) in [6.45, 7) is 1.94. The van der Waals surface area contributed by atoms with Crippen molar-refractivity contribution in [1.82, 2.24) is 5.32 Å². The van der Waals surface area contributed by atoms with E-state index in [4.69, 9.17) is 0 Å². The van der Waals surface area contributed by atoms with Crippen molar-refractivity contribution in [3.63, 3.8) is 0 Å². The predicted molar refractivity (Wildman–Crippen MR) is 89.1 cm³/mol. The van der Waals surface area contributed by atoms with Crippen LogP contribution in [0.3, 0.4) is 0 Å². The molecule has 4 heteroatoms. The Morgan fingerprint density at radius 1 is 1.00 bits per heavy atom. The Kier molecular flexibility index (Phi) is 5.92. The summed E-state index contributed by atoms with van der Waals surface area (Å²) < 4.78 is 0. The number of nitrogens with one attached hydrogen (secondary N) is 1. The molecule has 23 heavy (non-hydrogen) atoms. The van der Waals surface area contributed by atoms with Crippen LogP contribution < -0.4 is 5.32 Å². The number of amides is 1. The van der Waals surface area contributed by atoms with E-state index in [1.54, 1.807) is 0 Å². The van der Waals surface area contributed by atoms with E-state index in [1.165, 1.54) is 0 Å². The number of benzene rings is 2. The molecular weight excluding hydrogens is 290 g/mol. The SMILES string of the molecule is CC(C(=O)NCC(Cc1ccccc1)C(=O)O)c1ccccc1. The molecule has 0 radical (unpaired) electrons. The zero-order chi connectivity index (χ0) is 16.7. The Labute approximate surface area is 136 Å². The molecule has 2 rings (SSSR count). The van der Waals surface area contributed by atoms with Gasteiger partial charge >= 0.3 is 5.97 Å². The third-order valence-corrected chi connectivity index (χ3v) is 3.89. The lowest BCUT2D eigenvalue weighted by Gasteiger charge is -2.16. The van der Waals surface area contributed by atoms with Crippen LogP contribution in [0.1, 0.15) is 24.0 Å². The lowest BCUT2D eigenvalue weighted by molar-refractivity contribution is -0.141. The molecule has 120 valence electrons. The minimum atomic E-state index is -0.901. The highest BCUT2D eigenvalue weighted by molar-refractivity contribution is 5.83. The quantitative estimate of drug-likeness (QED) is 0.826. The van der Waals surface area contributed by atoms with Gasteiger partial charge in [-0.25, -0.2) is 0 Å². The smallest absolute Gasteiger partial charge is 0.308 e. The van der Waals surface area contributed by atoms with Gasteiger partial charge in [0.2, 0.25) is 5.91 Å². The Morgan fingerprint density at radius 2 is 1.57 bits per heavy atom. The summed E-state index contributed by atoms with van der Waals surface area (Å²) in [5.41, 5.74) is 1.87. The standard InChI is InChI=1S/C19H21NO3/c1-14(16-10-6-3-7-11-16)18(21)20-13-17(19(22)23)12-15-8-4-2-5-9-15/h2-11,14,17H,12-13H2,1H3,(H,20,21)(H,22,23). The van der Waals surface area contributed by atoms with Gasteiger partial charge in [0.05, 0.1) is 11.8 Å². The van der Waals surface area contributed by atoms with Gasteiger partial charge in [-0.2, -0.15) is 0 Å². The Morgan fingerprint density at radius 3 is 2.13 bits per heavy atom. The molecule has 2 aromatic rings. The van der Waals surface area contributed by atoms with E-state index in [-0.39, 0.29) is 18.4 Å². The van der Waals surface area contributed by atoms with E-state index in [0.717, 1.165) is 11.1 Å². The van der Waals surface area contributed by atoms with Gasteiger partial charge in [0.1, 0.15) is 0 Å². The molecule has 0 fully saturated rings. The molecule has 0 saturated carbocycles. The van der Waals surface area contributed by atoms with Crippen LogP contribution in [0.4, 0.5) is 0 Å². The van der Waals surface area contributed by atoms with Crippen molar-refractivity contribution in [2.24, 2.45) is 5.92 Å². The summed E-state index contributed by atoms with van der Waals surface area (Å²) in [7, 11) is 0. The van der Waals surface area contributed by atoms with E-state index in [1.807, 2.05) is 67.6 Å². The zero-order valence-corrected chi connectivity index (χ0v) is 13.1. The fraction of sp³-hybridized carbons (Fsp3) is 0.263. The summed E-state index contributed by atoms with van der Waals surface area (Å²) >= 11 is 0. The second-order valence-corrected chi connectivity index (χ2v) is 5.60. The van der Waals surface area contributed by atoms with E-state index >= 15 is 0 Å². The molecule has 0 heterocycles. The summed E-state index contributed by atoms with van der Waals surface area (Å²) in [5, 5.41) is 12.1. The van der Waals surface area contributed by atoms with E-state index < -0.39 is 11.9 Å². The van der Waals surface area contributed by atoms with Crippen LogP contribution in [0.25, 0.3) is 0 Å². The first-order valence-electron chi connectivity index (χ1n) is 7.67. The predicted octanol–water partition coefficient (Wildman–Crippen LogP) is 2.85. The Hall–Kier alpha value is -2.62. The molecule has 4 nitrogen and oxygen atoms in total. The lowest BCUT2D eigenvalue weighted by atomic mass is 9.97. The molecule has 0 bridgehead atoms. The van der Waals surface area contributed by atoms with Gasteiger partial charge in [-0.15, -0.1) is 0 Å². The fourth-order valence-corrected chi connectivity index (χ4v) is 2.42. The summed E-state index contributed by atoms with van der Waals surface area (Å²) in [5.74, 6) is -2.00. The van der Waals surface area contributed by atoms with Crippen molar-refractivity contribution in [2.45, 2.75) is 19.3 Å². The highest BCUT2D eigenvalue weighted by Crippen LogP contribution is 2.15. The number of hydrogen-bond donors (Lipinski definition) is 2. The Balaban J connectivity index is 1.93. The summed E-state index contributed by atoms with van der Waals surface area (Å²) in [6.07, 6.45) is 0.399. The van der Waals surface area contributed by atoms with Crippen LogP contribution in [0.15, 0.2) is 60.7 Å². The number of rotatable bonds is 7. The van der Waals surface area contributed by atoms with Crippen LogP contribution in [-0.2, 0) is 16.0 Å². The average Bonchev–Trinajstić information content (AvgIpc) is 2.59. The first kappa shape index (κ1) is 16.7. The largest absolute Gasteiger partial charge is 0.481 e. The zero-order valence-electron chi connectivity index (χ0n) is 13.1. The number of carboxylic acids is 1. The van der Waals surface area contributed by atoms with Crippen molar-refractivity contribution in [1.29, 1.82) is 0 Å². The molecule has 0 aliphatic carbocycles. The van der Waals surface area contributed by atoms with Crippen LogP contribution in [0.2, 0.25) is 0 Å². The number of carbonyl (C=O) groups excluding carboxylic acids is 1. The molecule has 0 spiro atoms. The molecule has 1 amide bonds. The third kappa shape index (κ3) is 4.95. The van der Waals surface area contributed by atoms with Gasteiger partial charge in [-0.05, 0) is 24.5 Å². The molecule has 2 aromatic carbocycles. The van der Waals surface area contributed by atoms with Gasteiger partial charge in [0.15, 0.2) is 0 Å². The normalized spacial score (nSPS) is 13.1. The first-order valence-corrected chi connectivity index (χ1v) is 7.67. The van der Waals surface area contributed by atoms with Crippen molar-refractivity contribution in [2.75, 3.05) is 6.54 Å². The number of carboxylic acid groups (broad SMARTS) is 1.